The van der Waals surface area contributed by atoms with Crippen LogP contribution in [0.1, 0.15) is 32.0 Å². The van der Waals surface area contributed by atoms with Gasteiger partial charge < -0.3 is 10.6 Å². The minimum absolute atomic E-state index is 0.0291. The van der Waals surface area contributed by atoms with Gasteiger partial charge in [-0.1, -0.05) is 32.4 Å². The number of alkyl halides is 3. The summed E-state index contributed by atoms with van der Waals surface area (Å²) >= 11 is 6.05. The van der Waals surface area contributed by atoms with Crippen LogP contribution in [-0.2, 0) is 15.8 Å². The van der Waals surface area contributed by atoms with E-state index in [9.17, 15) is 22.8 Å². The lowest BCUT2D eigenvalue weighted by Gasteiger charge is -2.17. The Morgan fingerprint density at radius 2 is 1.82 bits per heavy atom. The number of halogens is 4. The summed E-state index contributed by atoms with van der Waals surface area (Å²) in [5, 5.41) is 9.17. The van der Waals surface area contributed by atoms with Crippen molar-refractivity contribution in [1.82, 2.24) is 15.1 Å². The predicted molar refractivity (Wildman–Crippen MR) is 99.4 cm³/mol. The average molecular weight is 417 g/mol. The van der Waals surface area contributed by atoms with Crippen LogP contribution in [0.5, 0.6) is 0 Å². The average Bonchev–Trinajstić information content (AvgIpc) is 2.91. The smallest absolute Gasteiger partial charge is 0.347 e. The molecule has 0 saturated carbocycles. The molecule has 0 saturated heterocycles. The van der Waals surface area contributed by atoms with E-state index in [4.69, 9.17) is 11.6 Å². The number of hydrogen-bond donors (Lipinski definition) is 2. The molecule has 2 rings (SSSR count). The van der Waals surface area contributed by atoms with Gasteiger partial charge in [-0.25, -0.2) is 4.68 Å². The molecule has 0 bridgehead atoms. The molecule has 0 unspecified atom stereocenters. The molecule has 0 atom stereocenters. The number of anilines is 1. The molecule has 1 aromatic carbocycles. The summed E-state index contributed by atoms with van der Waals surface area (Å²) in [4.78, 5) is 24.0. The molecule has 2 N–H and O–H groups in total. The van der Waals surface area contributed by atoms with Crippen molar-refractivity contribution in [2.75, 3.05) is 11.9 Å². The highest BCUT2D eigenvalue weighted by Gasteiger charge is 2.31. The Balaban J connectivity index is 2.27. The molecule has 2 amide bonds. The van der Waals surface area contributed by atoms with Gasteiger partial charge in [0, 0.05) is 11.5 Å². The predicted octanol–water partition coefficient (Wildman–Crippen LogP) is 3.95. The first-order valence-electron chi connectivity index (χ1n) is 8.31. The number of hydrogen-bond acceptors (Lipinski definition) is 3. The molecule has 28 heavy (non-hydrogen) atoms. The fourth-order valence-corrected chi connectivity index (χ4v) is 2.43. The molecular weight excluding hydrogens is 397 g/mol. The number of aromatic nitrogens is 2. The Labute approximate surface area is 165 Å². The van der Waals surface area contributed by atoms with E-state index in [-0.39, 0.29) is 29.0 Å². The summed E-state index contributed by atoms with van der Waals surface area (Å²) in [6.45, 7) is 6.43. The topological polar surface area (TPSA) is 76.0 Å². The van der Waals surface area contributed by atoms with Crippen LogP contribution in [0.4, 0.5) is 19.0 Å². The van der Waals surface area contributed by atoms with Crippen molar-refractivity contribution < 1.29 is 22.8 Å². The molecule has 1 aromatic heterocycles. The van der Waals surface area contributed by atoms with Gasteiger partial charge in [0.25, 0.3) is 0 Å². The minimum atomic E-state index is -4.55. The number of aryl methyl sites for hydroxylation is 1. The molecule has 10 heteroatoms. The number of amides is 2. The highest BCUT2D eigenvalue weighted by Crippen LogP contribution is 2.34. The fourth-order valence-electron chi connectivity index (χ4n) is 2.24. The summed E-state index contributed by atoms with van der Waals surface area (Å²) in [6, 6.07) is 4.32. The van der Waals surface area contributed by atoms with Gasteiger partial charge in [0.2, 0.25) is 11.8 Å². The first-order chi connectivity index (χ1) is 12.8. The summed E-state index contributed by atoms with van der Waals surface area (Å²) in [6.07, 6.45) is -4.55. The van der Waals surface area contributed by atoms with Gasteiger partial charge in [-0.05, 0) is 25.1 Å². The zero-order valence-electron chi connectivity index (χ0n) is 15.7. The highest BCUT2D eigenvalue weighted by atomic mass is 35.5. The van der Waals surface area contributed by atoms with E-state index in [0.717, 1.165) is 22.9 Å². The van der Waals surface area contributed by atoms with Gasteiger partial charge >= 0.3 is 6.18 Å². The monoisotopic (exact) mass is 416 g/mol. The fraction of sp³-hybridized carbons (Fsp3) is 0.389. The summed E-state index contributed by atoms with van der Waals surface area (Å²) < 4.78 is 40.2. The van der Waals surface area contributed by atoms with E-state index in [1.807, 2.05) is 0 Å². The largest absolute Gasteiger partial charge is 0.416 e. The number of nitrogens with one attached hydrogen (secondary N) is 2. The van der Waals surface area contributed by atoms with E-state index < -0.39 is 23.1 Å². The molecule has 0 aliphatic rings. The molecule has 2 aromatic rings. The third-order valence-electron chi connectivity index (χ3n) is 3.69. The first kappa shape index (κ1) is 21.7. The summed E-state index contributed by atoms with van der Waals surface area (Å²) in [5.74, 6) is -0.733. The maximum atomic E-state index is 13.0. The summed E-state index contributed by atoms with van der Waals surface area (Å²) in [7, 11) is 0. The quantitative estimate of drug-likeness (QED) is 0.792. The number of nitrogens with zero attached hydrogens (tertiary/aromatic N) is 2. The Hall–Kier alpha value is -2.55. The number of carbonyl (C=O) groups is 2. The van der Waals surface area contributed by atoms with E-state index in [0.29, 0.717) is 5.69 Å². The van der Waals surface area contributed by atoms with Crippen LogP contribution in [0.2, 0.25) is 5.02 Å². The van der Waals surface area contributed by atoms with Crippen molar-refractivity contribution in [3.63, 3.8) is 0 Å². The van der Waals surface area contributed by atoms with Crippen LogP contribution in [0, 0.1) is 12.3 Å². The minimum Gasteiger partial charge on any atom is -0.347 e. The van der Waals surface area contributed by atoms with Gasteiger partial charge in [0.05, 0.1) is 28.5 Å². The molecule has 152 valence electrons. The van der Waals surface area contributed by atoms with Crippen LogP contribution < -0.4 is 10.6 Å². The molecular formula is C18H20ClF3N4O2. The molecule has 0 spiro atoms. The van der Waals surface area contributed by atoms with Crippen molar-refractivity contribution in [1.29, 1.82) is 0 Å². The number of carbonyl (C=O) groups excluding carboxylic acids is 2. The van der Waals surface area contributed by atoms with Crippen LogP contribution in [0.25, 0.3) is 5.69 Å². The zero-order valence-corrected chi connectivity index (χ0v) is 16.5. The molecule has 1 heterocycles. The Morgan fingerprint density at radius 3 is 2.39 bits per heavy atom. The second-order valence-electron chi connectivity index (χ2n) is 7.23. The lowest BCUT2D eigenvalue weighted by atomic mass is 9.96. The van der Waals surface area contributed by atoms with Crippen molar-refractivity contribution in [2.45, 2.75) is 33.9 Å². The lowest BCUT2D eigenvalue weighted by molar-refractivity contribution is -0.137. The highest BCUT2D eigenvalue weighted by molar-refractivity contribution is 6.32. The van der Waals surface area contributed by atoms with Gasteiger partial charge in [0.15, 0.2) is 0 Å². The Kier molecular flexibility index (Phi) is 6.08. The molecule has 0 aliphatic heterocycles. The van der Waals surface area contributed by atoms with E-state index in [2.05, 4.69) is 15.7 Å². The molecule has 6 nitrogen and oxygen atoms in total. The third kappa shape index (κ3) is 5.25. The van der Waals surface area contributed by atoms with Crippen LogP contribution in [0.3, 0.4) is 0 Å². The second-order valence-corrected chi connectivity index (χ2v) is 7.63. The zero-order chi connectivity index (χ0) is 21.3. The van der Waals surface area contributed by atoms with Crippen LogP contribution in [0.15, 0.2) is 24.3 Å². The standard InChI is InChI=1S/C18H20ClF3N4O2/c1-10-7-14(24-15(27)9-23-16(28)17(2,3)4)26(25-10)13-8-11(18(20,21)22)5-6-12(13)19/h5-8H,9H2,1-4H3,(H,23,28)(H,24,27). The maximum Gasteiger partial charge on any atom is 0.416 e. The van der Waals surface area contributed by atoms with Crippen LogP contribution in [-0.4, -0.2) is 28.1 Å². The lowest BCUT2D eigenvalue weighted by Crippen LogP contribution is -2.39. The maximum absolute atomic E-state index is 13.0. The van der Waals surface area contributed by atoms with Gasteiger partial charge in [0.1, 0.15) is 5.82 Å². The first-order valence-corrected chi connectivity index (χ1v) is 8.69. The van der Waals surface area contributed by atoms with Gasteiger partial charge in [-0.15, -0.1) is 0 Å². The van der Waals surface area contributed by atoms with Crippen molar-refractivity contribution in [3.05, 3.63) is 40.5 Å². The number of benzene rings is 1. The van der Waals surface area contributed by atoms with Gasteiger partial charge in [-0.3, -0.25) is 9.59 Å². The van der Waals surface area contributed by atoms with E-state index >= 15 is 0 Å². The van der Waals surface area contributed by atoms with E-state index in [1.54, 1.807) is 27.7 Å². The Bertz CT molecular complexity index is 901. The third-order valence-corrected chi connectivity index (χ3v) is 4.01. The SMILES string of the molecule is Cc1cc(NC(=O)CNC(=O)C(C)(C)C)n(-c2cc(C(F)(F)F)ccc2Cl)n1. The molecule has 0 aliphatic carbocycles. The van der Waals surface area contributed by atoms with Crippen LogP contribution >= 0.6 is 11.6 Å². The molecule has 0 radical (unpaired) electrons. The van der Waals surface area contributed by atoms with E-state index in [1.165, 1.54) is 6.07 Å². The van der Waals surface area contributed by atoms with Crippen molar-refractivity contribution in [3.8, 4) is 5.69 Å². The van der Waals surface area contributed by atoms with Crippen molar-refractivity contribution >= 4 is 29.2 Å². The summed E-state index contributed by atoms with van der Waals surface area (Å²) in [5.41, 5.74) is -1.12. The Morgan fingerprint density at radius 1 is 1.18 bits per heavy atom. The van der Waals surface area contributed by atoms with Gasteiger partial charge in [-0.2, -0.15) is 18.3 Å². The van der Waals surface area contributed by atoms with Crippen molar-refractivity contribution in [2.24, 2.45) is 5.41 Å². The second kappa shape index (κ2) is 7.83. The number of rotatable bonds is 4. The normalized spacial score (nSPS) is 12.0. The molecule has 0 fully saturated rings.